The van der Waals surface area contributed by atoms with Gasteiger partial charge in [-0.25, -0.2) is 0 Å². The van der Waals surface area contributed by atoms with Crippen molar-refractivity contribution in [2.24, 2.45) is 0 Å². The van der Waals surface area contributed by atoms with Crippen LogP contribution in [0.2, 0.25) is 0 Å². The Kier molecular flexibility index (Phi) is 3.31. The van der Waals surface area contributed by atoms with Crippen LogP contribution in [-0.2, 0) is 0 Å². The van der Waals surface area contributed by atoms with E-state index < -0.39 is 11.9 Å². The molecule has 0 aliphatic heterocycles. The van der Waals surface area contributed by atoms with Crippen molar-refractivity contribution in [3.63, 3.8) is 0 Å². The molecule has 0 fully saturated rings. The fourth-order valence-corrected chi connectivity index (χ4v) is 1.77. The topological polar surface area (TPSA) is 26.0 Å². The van der Waals surface area contributed by atoms with E-state index in [1.807, 2.05) is 0 Å². The van der Waals surface area contributed by atoms with E-state index in [4.69, 9.17) is 5.73 Å². The number of anilines is 1. The summed E-state index contributed by atoms with van der Waals surface area (Å²) in [5.41, 5.74) is 6.77. The van der Waals surface area contributed by atoms with Gasteiger partial charge in [-0.1, -0.05) is 6.07 Å². The number of halogens is 3. The fourth-order valence-electron chi connectivity index (χ4n) is 0.932. The second kappa shape index (κ2) is 4.13. The molecule has 0 saturated carbocycles. The summed E-state index contributed by atoms with van der Waals surface area (Å²) < 4.78 is 35.8. The van der Waals surface area contributed by atoms with Gasteiger partial charge in [0.15, 0.2) is 0 Å². The van der Waals surface area contributed by atoms with Crippen molar-refractivity contribution < 1.29 is 13.2 Å². The Morgan fingerprint density at radius 1 is 1.36 bits per heavy atom. The highest BCUT2D eigenvalue weighted by atomic mass is 32.2. The van der Waals surface area contributed by atoms with E-state index in [2.05, 4.69) is 0 Å². The molecular weight excluding hydrogens is 211 g/mol. The highest BCUT2D eigenvalue weighted by molar-refractivity contribution is 7.99. The van der Waals surface area contributed by atoms with E-state index in [0.717, 1.165) is 17.3 Å². The van der Waals surface area contributed by atoms with Gasteiger partial charge in [0.05, 0.1) is 5.75 Å². The first-order chi connectivity index (χ1) is 6.38. The largest absolute Gasteiger partial charge is 0.399 e. The number of rotatable bonds is 2. The molecule has 1 aromatic carbocycles. The Labute approximate surface area is 84.5 Å². The summed E-state index contributed by atoms with van der Waals surface area (Å²) in [6, 6.07) is 4.95. The number of benzene rings is 1. The lowest BCUT2D eigenvalue weighted by atomic mass is 10.2. The summed E-state index contributed by atoms with van der Waals surface area (Å²) in [6.07, 6.45) is -4.14. The zero-order chi connectivity index (χ0) is 10.8. The fraction of sp³-hybridized carbons (Fsp3) is 0.333. The molecule has 0 aromatic heterocycles. The first kappa shape index (κ1) is 11.2. The monoisotopic (exact) mass is 221 g/mol. The van der Waals surface area contributed by atoms with E-state index in [1.54, 1.807) is 25.1 Å². The SMILES string of the molecule is Cc1ccc(N)cc1SCC(F)(F)F. The van der Waals surface area contributed by atoms with Gasteiger partial charge in [-0.3, -0.25) is 0 Å². The Bertz CT molecular complexity index is 322. The predicted molar refractivity (Wildman–Crippen MR) is 52.4 cm³/mol. The Morgan fingerprint density at radius 2 is 2.00 bits per heavy atom. The molecule has 0 heterocycles. The lowest BCUT2D eigenvalue weighted by Crippen LogP contribution is -2.10. The number of aryl methyl sites for hydroxylation is 1. The quantitative estimate of drug-likeness (QED) is 0.613. The molecule has 1 nitrogen and oxygen atoms in total. The van der Waals surface area contributed by atoms with Gasteiger partial charge in [-0.15, -0.1) is 11.8 Å². The van der Waals surface area contributed by atoms with Crippen LogP contribution in [0.25, 0.3) is 0 Å². The molecule has 0 bridgehead atoms. The van der Waals surface area contributed by atoms with Crippen LogP contribution < -0.4 is 5.73 Å². The second-order valence-corrected chi connectivity index (χ2v) is 3.95. The van der Waals surface area contributed by atoms with Crippen molar-refractivity contribution in [1.82, 2.24) is 0 Å². The normalized spacial score (nSPS) is 11.7. The van der Waals surface area contributed by atoms with Crippen LogP contribution in [0.1, 0.15) is 5.56 Å². The van der Waals surface area contributed by atoms with Gasteiger partial charge in [0.25, 0.3) is 0 Å². The zero-order valence-corrected chi connectivity index (χ0v) is 8.38. The molecule has 0 unspecified atom stereocenters. The minimum absolute atomic E-state index is 0.486. The number of nitrogen functional groups attached to an aromatic ring is 1. The Balaban J connectivity index is 2.72. The maximum Gasteiger partial charge on any atom is 0.398 e. The van der Waals surface area contributed by atoms with Crippen molar-refractivity contribution in [2.75, 3.05) is 11.5 Å². The highest BCUT2D eigenvalue weighted by Gasteiger charge is 2.27. The molecule has 1 aromatic rings. The maximum atomic E-state index is 11.9. The molecule has 0 atom stereocenters. The van der Waals surface area contributed by atoms with E-state index in [0.29, 0.717) is 10.6 Å². The van der Waals surface area contributed by atoms with Crippen LogP contribution in [0.15, 0.2) is 23.1 Å². The molecule has 0 radical (unpaired) electrons. The lowest BCUT2D eigenvalue weighted by Gasteiger charge is -2.08. The summed E-state index contributed by atoms with van der Waals surface area (Å²) >= 11 is 0.763. The molecule has 78 valence electrons. The number of thioether (sulfide) groups is 1. The summed E-state index contributed by atoms with van der Waals surface area (Å²) in [5, 5.41) is 0. The van der Waals surface area contributed by atoms with Crippen LogP contribution >= 0.6 is 11.8 Å². The van der Waals surface area contributed by atoms with Gasteiger partial charge in [0.2, 0.25) is 0 Å². The molecule has 0 saturated heterocycles. The van der Waals surface area contributed by atoms with Crippen LogP contribution in [0, 0.1) is 6.92 Å². The lowest BCUT2D eigenvalue weighted by molar-refractivity contribution is -0.105. The Morgan fingerprint density at radius 3 is 2.57 bits per heavy atom. The van der Waals surface area contributed by atoms with Gasteiger partial charge in [0.1, 0.15) is 0 Å². The van der Waals surface area contributed by atoms with Crippen molar-refractivity contribution in [3.8, 4) is 0 Å². The second-order valence-electron chi connectivity index (χ2n) is 2.93. The molecule has 0 amide bonds. The molecule has 2 N–H and O–H groups in total. The minimum Gasteiger partial charge on any atom is -0.399 e. The molecule has 14 heavy (non-hydrogen) atoms. The molecule has 0 aliphatic rings. The molecule has 0 aliphatic carbocycles. The molecule has 1 rings (SSSR count). The maximum absolute atomic E-state index is 11.9. The van der Waals surface area contributed by atoms with Crippen LogP contribution in [0.3, 0.4) is 0 Å². The highest BCUT2D eigenvalue weighted by Crippen LogP contribution is 2.30. The van der Waals surface area contributed by atoms with E-state index >= 15 is 0 Å². The molecule has 5 heteroatoms. The van der Waals surface area contributed by atoms with Crippen molar-refractivity contribution >= 4 is 17.4 Å². The zero-order valence-electron chi connectivity index (χ0n) is 7.56. The predicted octanol–water partition coefficient (Wildman–Crippen LogP) is 3.23. The van der Waals surface area contributed by atoms with E-state index in [-0.39, 0.29) is 0 Å². The van der Waals surface area contributed by atoms with Crippen LogP contribution in [0.4, 0.5) is 18.9 Å². The van der Waals surface area contributed by atoms with Gasteiger partial charge >= 0.3 is 6.18 Å². The first-order valence-electron chi connectivity index (χ1n) is 3.94. The molecular formula is C9H10F3NS. The Hall–Kier alpha value is -0.840. The average Bonchev–Trinajstić information content (AvgIpc) is 2.05. The standard InChI is InChI=1S/C9H10F3NS/c1-6-2-3-7(13)4-8(6)14-5-9(10,11)12/h2-4H,5,13H2,1H3. The molecule has 0 spiro atoms. The third-order valence-corrected chi connectivity index (χ3v) is 2.83. The van der Waals surface area contributed by atoms with Crippen molar-refractivity contribution in [3.05, 3.63) is 23.8 Å². The number of hydrogen-bond acceptors (Lipinski definition) is 2. The summed E-state index contributed by atoms with van der Waals surface area (Å²) in [5.74, 6) is -0.878. The van der Waals surface area contributed by atoms with Gasteiger partial charge in [0, 0.05) is 10.6 Å². The third kappa shape index (κ3) is 3.49. The number of nitrogens with two attached hydrogens (primary N) is 1. The third-order valence-electron chi connectivity index (χ3n) is 1.60. The smallest absolute Gasteiger partial charge is 0.398 e. The van der Waals surface area contributed by atoms with Gasteiger partial charge in [-0.05, 0) is 24.6 Å². The van der Waals surface area contributed by atoms with Gasteiger partial charge < -0.3 is 5.73 Å². The number of hydrogen-bond donors (Lipinski definition) is 1. The number of alkyl halides is 3. The first-order valence-corrected chi connectivity index (χ1v) is 4.93. The summed E-state index contributed by atoms with van der Waals surface area (Å²) in [7, 11) is 0. The average molecular weight is 221 g/mol. The van der Waals surface area contributed by atoms with Crippen LogP contribution in [0.5, 0.6) is 0 Å². The van der Waals surface area contributed by atoms with E-state index in [1.165, 1.54) is 0 Å². The van der Waals surface area contributed by atoms with Gasteiger partial charge in [-0.2, -0.15) is 13.2 Å². The van der Waals surface area contributed by atoms with E-state index in [9.17, 15) is 13.2 Å². The summed E-state index contributed by atoms with van der Waals surface area (Å²) in [6.45, 7) is 1.76. The summed E-state index contributed by atoms with van der Waals surface area (Å²) in [4.78, 5) is 0.585. The van der Waals surface area contributed by atoms with Crippen molar-refractivity contribution in [1.29, 1.82) is 0 Å². The van der Waals surface area contributed by atoms with Crippen LogP contribution in [-0.4, -0.2) is 11.9 Å². The van der Waals surface area contributed by atoms with Crippen molar-refractivity contribution in [2.45, 2.75) is 18.0 Å². The minimum atomic E-state index is -4.14.